The predicted octanol–water partition coefficient (Wildman–Crippen LogP) is 2.70. The lowest BCUT2D eigenvalue weighted by Gasteiger charge is -2.18. The van der Waals surface area contributed by atoms with Crippen LogP contribution in [0, 0.1) is 0 Å². The van der Waals surface area contributed by atoms with E-state index >= 15 is 0 Å². The van der Waals surface area contributed by atoms with Gasteiger partial charge in [-0.2, -0.15) is 5.10 Å². The summed E-state index contributed by atoms with van der Waals surface area (Å²) in [5, 5.41) is 14.2. The Balaban J connectivity index is 2.11. The number of aromatic nitrogens is 2. The van der Waals surface area contributed by atoms with Crippen LogP contribution in [-0.4, -0.2) is 21.0 Å². The molecule has 1 heterocycles. The Labute approximate surface area is 97.5 Å². The van der Waals surface area contributed by atoms with Crippen LogP contribution in [0.25, 0.3) is 0 Å². The van der Waals surface area contributed by atoms with Gasteiger partial charge in [0, 0.05) is 24.4 Å². The average Bonchev–Trinajstić information content (AvgIpc) is 2.61. The quantitative estimate of drug-likeness (QED) is 0.798. The number of aliphatic hydroxyl groups is 1. The van der Waals surface area contributed by atoms with E-state index in [2.05, 4.69) is 22.8 Å². The van der Waals surface area contributed by atoms with Crippen LogP contribution >= 0.6 is 0 Å². The van der Waals surface area contributed by atoms with E-state index in [9.17, 15) is 5.11 Å². The molecule has 0 amide bonds. The maximum atomic E-state index is 9.85. The second kappa shape index (κ2) is 5.48. The van der Waals surface area contributed by atoms with Crippen LogP contribution in [0.4, 0.5) is 0 Å². The molecule has 2 atom stereocenters. The van der Waals surface area contributed by atoms with Crippen LogP contribution in [0.15, 0.2) is 12.3 Å². The molecule has 16 heavy (non-hydrogen) atoms. The van der Waals surface area contributed by atoms with Crippen molar-refractivity contribution >= 4 is 0 Å². The lowest BCUT2D eigenvalue weighted by Crippen LogP contribution is -2.13. The van der Waals surface area contributed by atoms with Crippen molar-refractivity contribution in [2.45, 2.75) is 64.0 Å². The number of rotatable bonds is 3. The Kier molecular flexibility index (Phi) is 3.99. The highest BCUT2D eigenvalue weighted by Crippen LogP contribution is 2.31. The summed E-state index contributed by atoms with van der Waals surface area (Å²) < 4.78 is 2.11. The zero-order valence-electron chi connectivity index (χ0n) is 10.1. The molecule has 1 aromatic rings. The van der Waals surface area contributed by atoms with Gasteiger partial charge in [-0.15, -0.1) is 0 Å². The summed E-state index contributed by atoms with van der Waals surface area (Å²) in [6.07, 6.45) is 8.38. The molecule has 0 bridgehead atoms. The van der Waals surface area contributed by atoms with Gasteiger partial charge >= 0.3 is 0 Å². The smallest absolute Gasteiger partial charge is 0.0546 e. The summed E-state index contributed by atoms with van der Waals surface area (Å²) in [4.78, 5) is 0. The molecule has 1 aromatic heterocycles. The van der Waals surface area contributed by atoms with E-state index in [0.717, 1.165) is 25.8 Å². The Morgan fingerprint density at radius 3 is 3.06 bits per heavy atom. The summed E-state index contributed by atoms with van der Waals surface area (Å²) in [5.74, 6) is 0.506. The minimum Gasteiger partial charge on any atom is -0.393 e. The highest BCUT2D eigenvalue weighted by molar-refractivity contribution is 5.09. The third-order valence-corrected chi connectivity index (χ3v) is 3.50. The molecule has 2 rings (SSSR count). The van der Waals surface area contributed by atoms with Crippen molar-refractivity contribution < 1.29 is 5.11 Å². The van der Waals surface area contributed by atoms with Crippen LogP contribution in [0.1, 0.15) is 57.1 Å². The van der Waals surface area contributed by atoms with Crippen LogP contribution in [-0.2, 0) is 6.54 Å². The number of hydrogen-bond acceptors (Lipinski definition) is 2. The van der Waals surface area contributed by atoms with Gasteiger partial charge in [0.25, 0.3) is 0 Å². The first-order valence-electron chi connectivity index (χ1n) is 6.51. The van der Waals surface area contributed by atoms with E-state index in [1.54, 1.807) is 0 Å². The highest BCUT2D eigenvalue weighted by Gasteiger charge is 2.22. The minimum atomic E-state index is -0.113. The maximum absolute atomic E-state index is 9.85. The molecular formula is C13H22N2O. The van der Waals surface area contributed by atoms with E-state index in [1.807, 2.05) is 6.20 Å². The summed E-state index contributed by atoms with van der Waals surface area (Å²) in [7, 11) is 0. The van der Waals surface area contributed by atoms with Gasteiger partial charge < -0.3 is 5.11 Å². The van der Waals surface area contributed by atoms with E-state index < -0.39 is 0 Å². The van der Waals surface area contributed by atoms with Crippen LogP contribution in [0.3, 0.4) is 0 Å². The van der Waals surface area contributed by atoms with Gasteiger partial charge in [-0.3, -0.25) is 4.68 Å². The Morgan fingerprint density at radius 1 is 1.44 bits per heavy atom. The molecule has 1 aliphatic carbocycles. The molecule has 3 nitrogen and oxygen atoms in total. The molecule has 1 fully saturated rings. The zero-order valence-corrected chi connectivity index (χ0v) is 10.1. The molecule has 90 valence electrons. The average molecular weight is 222 g/mol. The molecule has 0 aromatic carbocycles. The molecule has 1 saturated carbocycles. The van der Waals surface area contributed by atoms with Crippen molar-refractivity contribution in [2.24, 2.45) is 0 Å². The molecule has 1 aliphatic rings. The van der Waals surface area contributed by atoms with E-state index in [0.29, 0.717) is 5.92 Å². The molecular weight excluding hydrogens is 200 g/mol. The van der Waals surface area contributed by atoms with Crippen LogP contribution < -0.4 is 0 Å². The van der Waals surface area contributed by atoms with Gasteiger partial charge in [-0.1, -0.05) is 19.8 Å². The first-order valence-corrected chi connectivity index (χ1v) is 6.51. The second-order valence-electron chi connectivity index (χ2n) is 4.85. The van der Waals surface area contributed by atoms with E-state index in [-0.39, 0.29) is 6.10 Å². The van der Waals surface area contributed by atoms with Crippen LogP contribution in [0.5, 0.6) is 0 Å². The van der Waals surface area contributed by atoms with Crippen molar-refractivity contribution in [3.8, 4) is 0 Å². The third-order valence-electron chi connectivity index (χ3n) is 3.50. The van der Waals surface area contributed by atoms with Crippen molar-refractivity contribution in [3.63, 3.8) is 0 Å². The van der Waals surface area contributed by atoms with Crippen molar-refractivity contribution in [3.05, 3.63) is 18.0 Å². The Bertz CT molecular complexity index is 321. The maximum Gasteiger partial charge on any atom is 0.0546 e. The fraction of sp³-hybridized carbons (Fsp3) is 0.769. The predicted molar refractivity (Wildman–Crippen MR) is 64.4 cm³/mol. The largest absolute Gasteiger partial charge is 0.393 e. The number of hydrogen-bond donors (Lipinski definition) is 1. The van der Waals surface area contributed by atoms with Crippen molar-refractivity contribution in [1.29, 1.82) is 0 Å². The first-order chi connectivity index (χ1) is 7.81. The standard InChI is InChI=1S/C13H22N2O/c1-2-9-15-13(7-8-14-15)11-5-3-4-6-12(16)10-11/h7-8,11-12,16H,2-6,9-10H2,1H3. The topological polar surface area (TPSA) is 38.0 Å². The normalized spacial score (nSPS) is 26.6. The van der Waals surface area contributed by atoms with Gasteiger partial charge in [0.2, 0.25) is 0 Å². The second-order valence-corrected chi connectivity index (χ2v) is 4.85. The number of aryl methyl sites for hydroxylation is 1. The van der Waals surface area contributed by atoms with Gasteiger partial charge in [0.1, 0.15) is 0 Å². The van der Waals surface area contributed by atoms with E-state index in [1.165, 1.54) is 25.0 Å². The zero-order chi connectivity index (χ0) is 11.4. The summed E-state index contributed by atoms with van der Waals surface area (Å²) in [6.45, 7) is 3.17. The van der Waals surface area contributed by atoms with Gasteiger partial charge in [0.15, 0.2) is 0 Å². The molecule has 3 heteroatoms. The molecule has 2 unspecified atom stereocenters. The molecule has 0 aliphatic heterocycles. The number of aliphatic hydroxyl groups excluding tert-OH is 1. The minimum absolute atomic E-state index is 0.113. The SMILES string of the molecule is CCCn1nccc1C1CCCCC(O)C1. The summed E-state index contributed by atoms with van der Waals surface area (Å²) in [5.41, 5.74) is 1.32. The first kappa shape index (κ1) is 11.6. The lowest BCUT2D eigenvalue weighted by atomic mass is 9.95. The third kappa shape index (κ3) is 2.64. The van der Waals surface area contributed by atoms with Gasteiger partial charge in [-0.05, 0) is 31.7 Å². The Hall–Kier alpha value is -0.830. The highest BCUT2D eigenvalue weighted by atomic mass is 16.3. The molecule has 0 spiro atoms. The fourth-order valence-electron chi connectivity index (χ4n) is 2.69. The molecule has 0 radical (unpaired) electrons. The van der Waals surface area contributed by atoms with Crippen molar-refractivity contribution in [2.75, 3.05) is 0 Å². The molecule has 1 N–H and O–H groups in total. The van der Waals surface area contributed by atoms with Gasteiger partial charge in [0.05, 0.1) is 6.10 Å². The molecule has 0 saturated heterocycles. The monoisotopic (exact) mass is 222 g/mol. The Morgan fingerprint density at radius 2 is 2.25 bits per heavy atom. The lowest BCUT2D eigenvalue weighted by molar-refractivity contribution is 0.150. The van der Waals surface area contributed by atoms with Gasteiger partial charge in [-0.25, -0.2) is 0 Å². The number of nitrogens with zero attached hydrogens (tertiary/aromatic N) is 2. The van der Waals surface area contributed by atoms with Crippen molar-refractivity contribution in [1.82, 2.24) is 9.78 Å². The van der Waals surface area contributed by atoms with E-state index in [4.69, 9.17) is 0 Å². The van der Waals surface area contributed by atoms with Crippen LogP contribution in [0.2, 0.25) is 0 Å². The summed E-state index contributed by atoms with van der Waals surface area (Å²) in [6, 6.07) is 2.12. The summed E-state index contributed by atoms with van der Waals surface area (Å²) >= 11 is 0. The fourth-order valence-corrected chi connectivity index (χ4v) is 2.69.